The second-order valence-electron chi connectivity index (χ2n) is 5.05. The van der Waals surface area contributed by atoms with Crippen molar-refractivity contribution in [3.63, 3.8) is 0 Å². The second-order valence-corrected chi connectivity index (χ2v) is 5.05. The van der Waals surface area contributed by atoms with Gasteiger partial charge < -0.3 is 10.1 Å². The predicted octanol–water partition coefficient (Wildman–Crippen LogP) is 3.46. The average Bonchev–Trinajstić information content (AvgIpc) is 2.56. The molecule has 0 aromatic heterocycles. The fourth-order valence-electron chi connectivity index (χ4n) is 2.26. The van der Waals surface area contributed by atoms with Gasteiger partial charge in [0.2, 0.25) is 5.91 Å². The van der Waals surface area contributed by atoms with E-state index in [1.54, 1.807) is 13.2 Å². The van der Waals surface area contributed by atoms with Crippen LogP contribution in [0.4, 0.5) is 0 Å². The maximum atomic E-state index is 12.0. The lowest BCUT2D eigenvalue weighted by Gasteiger charge is -2.08. The highest BCUT2D eigenvalue weighted by Gasteiger charge is 2.03. The average molecular weight is 295 g/mol. The molecule has 3 nitrogen and oxygen atoms in total. The molecule has 0 heterocycles. The molecule has 0 aliphatic rings. The van der Waals surface area contributed by atoms with Crippen LogP contribution in [0.1, 0.15) is 18.1 Å². The molecule has 0 aliphatic heterocycles. The van der Waals surface area contributed by atoms with Gasteiger partial charge in [0.1, 0.15) is 5.75 Å². The van der Waals surface area contributed by atoms with Crippen LogP contribution in [0.25, 0.3) is 5.57 Å². The molecule has 0 spiro atoms. The maximum Gasteiger partial charge on any atom is 0.244 e. The summed E-state index contributed by atoms with van der Waals surface area (Å²) in [7, 11) is 1.66. The summed E-state index contributed by atoms with van der Waals surface area (Å²) in [6, 6.07) is 17.7. The standard InChI is InChI=1S/C19H21NO2/c1-15(16-8-4-3-5-9-16)14-19(21)20-13-12-17-10-6-7-11-18(17)22-2/h3-11,14H,12-13H2,1-2H3,(H,20,21)/b15-14+. The normalized spacial score (nSPS) is 11.1. The predicted molar refractivity (Wildman–Crippen MR) is 89.8 cm³/mol. The number of carbonyl (C=O) groups excluding carboxylic acids is 1. The minimum atomic E-state index is -0.0729. The molecular formula is C19H21NO2. The number of methoxy groups -OCH3 is 1. The minimum absolute atomic E-state index is 0.0729. The Balaban J connectivity index is 1.88. The van der Waals surface area contributed by atoms with E-state index in [1.807, 2.05) is 61.5 Å². The first-order valence-corrected chi connectivity index (χ1v) is 7.34. The van der Waals surface area contributed by atoms with Crippen molar-refractivity contribution in [2.75, 3.05) is 13.7 Å². The van der Waals surface area contributed by atoms with Crippen molar-refractivity contribution in [1.82, 2.24) is 5.32 Å². The Hall–Kier alpha value is -2.55. The number of benzene rings is 2. The third-order valence-electron chi connectivity index (χ3n) is 3.46. The molecule has 0 aliphatic carbocycles. The van der Waals surface area contributed by atoms with Crippen molar-refractivity contribution in [2.24, 2.45) is 0 Å². The Morgan fingerprint density at radius 2 is 1.77 bits per heavy atom. The van der Waals surface area contributed by atoms with E-state index in [1.165, 1.54) is 0 Å². The smallest absolute Gasteiger partial charge is 0.244 e. The fourth-order valence-corrected chi connectivity index (χ4v) is 2.26. The zero-order chi connectivity index (χ0) is 15.8. The van der Waals surface area contributed by atoms with Gasteiger partial charge in [-0.15, -0.1) is 0 Å². The maximum absolute atomic E-state index is 12.0. The first kappa shape index (κ1) is 15.8. The highest BCUT2D eigenvalue weighted by molar-refractivity contribution is 5.94. The molecule has 3 heteroatoms. The van der Waals surface area contributed by atoms with E-state index in [9.17, 15) is 4.79 Å². The van der Waals surface area contributed by atoms with Gasteiger partial charge in [0.05, 0.1) is 7.11 Å². The van der Waals surface area contributed by atoms with Crippen LogP contribution in [-0.4, -0.2) is 19.6 Å². The van der Waals surface area contributed by atoms with Crippen molar-refractivity contribution in [1.29, 1.82) is 0 Å². The second kappa shape index (κ2) is 8.03. The van der Waals surface area contributed by atoms with Crippen LogP contribution in [0.15, 0.2) is 60.7 Å². The molecule has 0 saturated heterocycles. The molecule has 0 bridgehead atoms. The summed E-state index contributed by atoms with van der Waals surface area (Å²) >= 11 is 0. The van der Waals surface area contributed by atoms with Crippen LogP contribution in [-0.2, 0) is 11.2 Å². The number of ether oxygens (including phenoxy) is 1. The number of hydrogen-bond donors (Lipinski definition) is 1. The van der Waals surface area contributed by atoms with Crippen LogP contribution < -0.4 is 10.1 Å². The summed E-state index contributed by atoms with van der Waals surface area (Å²) in [6.45, 7) is 2.52. The van der Waals surface area contributed by atoms with Gasteiger partial charge in [0.25, 0.3) is 0 Å². The van der Waals surface area contributed by atoms with Gasteiger partial charge in [-0.1, -0.05) is 48.5 Å². The molecule has 2 rings (SSSR count). The Kier molecular flexibility index (Phi) is 5.78. The quantitative estimate of drug-likeness (QED) is 0.829. The number of allylic oxidation sites excluding steroid dienone is 1. The van der Waals surface area contributed by atoms with E-state index >= 15 is 0 Å². The Labute approximate surface area is 131 Å². The monoisotopic (exact) mass is 295 g/mol. The Morgan fingerprint density at radius 1 is 1.09 bits per heavy atom. The SMILES string of the molecule is COc1ccccc1CCNC(=O)/C=C(\C)c1ccccc1. The molecule has 22 heavy (non-hydrogen) atoms. The lowest BCUT2D eigenvalue weighted by Crippen LogP contribution is -2.24. The van der Waals surface area contributed by atoms with Gasteiger partial charge in [-0.05, 0) is 36.1 Å². The third-order valence-corrected chi connectivity index (χ3v) is 3.46. The Bertz CT molecular complexity index is 647. The summed E-state index contributed by atoms with van der Waals surface area (Å²) in [6.07, 6.45) is 2.38. The first-order valence-electron chi connectivity index (χ1n) is 7.34. The minimum Gasteiger partial charge on any atom is -0.496 e. The summed E-state index contributed by atoms with van der Waals surface area (Å²) in [5.41, 5.74) is 3.10. The molecule has 2 aromatic rings. The number of nitrogens with one attached hydrogen (secondary N) is 1. The van der Waals surface area contributed by atoms with Gasteiger partial charge in [0.15, 0.2) is 0 Å². The van der Waals surface area contributed by atoms with E-state index in [-0.39, 0.29) is 5.91 Å². The largest absolute Gasteiger partial charge is 0.496 e. The number of para-hydroxylation sites is 1. The van der Waals surface area contributed by atoms with Crippen molar-refractivity contribution in [3.05, 3.63) is 71.8 Å². The molecule has 1 N–H and O–H groups in total. The fraction of sp³-hybridized carbons (Fsp3) is 0.211. The summed E-state index contributed by atoms with van der Waals surface area (Å²) in [4.78, 5) is 12.0. The van der Waals surface area contributed by atoms with Crippen molar-refractivity contribution in [3.8, 4) is 5.75 Å². The highest BCUT2D eigenvalue weighted by atomic mass is 16.5. The summed E-state index contributed by atoms with van der Waals surface area (Å²) < 4.78 is 5.30. The van der Waals surface area contributed by atoms with Gasteiger partial charge >= 0.3 is 0 Å². The Morgan fingerprint density at radius 3 is 2.50 bits per heavy atom. The lowest BCUT2D eigenvalue weighted by molar-refractivity contribution is -0.116. The van der Waals surface area contributed by atoms with E-state index in [2.05, 4.69) is 5.32 Å². The molecule has 0 radical (unpaired) electrons. The number of amides is 1. The molecule has 2 aromatic carbocycles. The van der Waals surface area contributed by atoms with Crippen molar-refractivity contribution < 1.29 is 9.53 Å². The molecule has 0 atom stereocenters. The van der Waals surface area contributed by atoms with Crippen LogP contribution in [0.2, 0.25) is 0 Å². The summed E-state index contributed by atoms with van der Waals surface area (Å²) in [5.74, 6) is 0.781. The number of hydrogen-bond acceptors (Lipinski definition) is 2. The molecule has 0 fully saturated rings. The zero-order valence-electron chi connectivity index (χ0n) is 13.0. The van der Waals surface area contributed by atoms with Crippen LogP contribution in [0.5, 0.6) is 5.75 Å². The van der Waals surface area contributed by atoms with E-state index in [0.29, 0.717) is 6.54 Å². The van der Waals surface area contributed by atoms with Crippen molar-refractivity contribution in [2.45, 2.75) is 13.3 Å². The number of rotatable bonds is 6. The molecular weight excluding hydrogens is 274 g/mol. The first-order chi connectivity index (χ1) is 10.7. The molecule has 0 saturated carbocycles. The van der Waals surface area contributed by atoms with E-state index in [0.717, 1.165) is 28.9 Å². The van der Waals surface area contributed by atoms with E-state index in [4.69, 9.17) is 4.74 Å². The van der Waals surface area contributed by atoms with Crippen LogP contribution in [0, 0.1) is 0 Å². The van der Waals surface area contributed by atoms with Gasteiger partial charge in [-0.3, -0.25) is 4.79 Å². The highest BCUT2D eigenvalue weighted by Crippen LogP contribution is 2.17. The molecule has 114 valence electrons. The topological polar surface area (TPSA) is 38.3 Å². The van der Waals surface area contributed by atoms with Crippen molar-refractivity contribution >= 4 is 11.5 Å². The molecule has 1 amide bonds. The van der Waals surface area contributed by atoms with Crippen LogP contribution in [0.3, 0.4) is 0 Å². The van der Waals surface area contributed by atoms with Gasteiger partial charge in [0, 0.05) is 12.6 Å². The number of carbonyl (C=O) groups is 1. The van der Waals surface area contributed by atoms with Gasteiger partial charge in [-0.2, -0.15) is 0 Å². The van der Waals surface area contributed by atoms with Gasteiger partial charge in [-0.25, -0.2) is 0 Å². The van der Waals surface area contributed by atoms with Crippen LogP contribution >= 0.6 is 0 Å². The van der Waals surface area contributed by atoms with E-state index < -0.39 is 0 Å². The summed E-state index contributed by atoms with van der Waals surface area (Å²) in [5, 5.41) is 2.91. The zero-order valence-corrected chi connectivity index (χ0v) is 13.0. The molecule has 0 unspecified atom stereocenters. The lowest BCUT2D eigenvalue weighted by atomic mass is 10.1. The third kappa shape index (κ3) is 4.48.